The van der Waals surface area contributed by atoms with Crippen molar-refractivity contribution in [2.24, 2.45) is 10.9 Å². The summed E-state index contributed by atoms with van der Waals surface area (Å²) in [5.41, 5.74) is 4.55. The Morgan fingerprint density at radius 3 is 2.83 bits per heavy atom. The lowest BCUT2D eigenvalue weighted by molar-refractivity contribution is -0.121. The third-order valence-corrected chi connectivity index (χ3v) is 6.22. The van der Waals surface area contributed by atoms with Gasteiger partial charge in [-0.2, -0.15) is 0 Å². The first kappa shape index (κ1) is 26.9. The Balaban J connectivity index is 1.68. The highest BCUT2D eigenvalue weighted by atomic mass is 16.5. The third-order valence-electron chi connectivity index (χ3n) is 6.22. The number of fused-ring (bicyclic) bond motifs is 1. The summed E-state index contributed by atoms with van der Waals surface area (Å²) in [6, 6.07) is 6.02. The Kier molecular flexibility index (Phi) is 10.3. The lowest BCUT2D eigenvalue weighted by atomic mass is 10.1. The fourth-order valence-electron chi connectivity index (χ4n) is 4.49. The molecule has 1 unspecified atom stereocenters. The van der Waals surface area contributed by atoms with Crippen LogP contribution in [0.1, 0.15) is 71.4 Å². The van der Waals surface area contributed by atoms with Crippen molar-refractivity contribution in [2.75, 3.05) is 26.8 Å². The topological polar surface area (TPSA) is 77.7 Å². The van der Waals surface area contributed by atoms with E-state index in [0.717, 1.165) is 85.3 Å². The standard InChI is InChI=1S/C28H42N4O3/c1-20(2)17-27(33)30-15-9-6-7-12-24-28(29-5)32(21(3)4)26-14-13-22(18-25(26)31-24)35-19-23-11-8-10-16-34-23/h13-14,18,20,23H,3,6-12,15-17,19H2,1-2,4-5H3,(H,30,33). The van der Waals surface area contributed by atoms with E-state index in [0.29, 0.717) is 18.9 Å². The number of nitrogens with zero attached hydrogens (tertiary/aromatic N) is 3. The predicted octanol–water partition coefficient (Wildman–Crippen LogP) is 4.88. The highest BCUT2D eigenvalue weighted by Gasteiger charge is 2.15. The first-order chi connectivity index (χ1) is 16.9. The van der Waals surface area contributed by atoms with Crippen LogP contribution in [0.15, 0.2) is 29.8 Å². The number of aromatic nitrogens is 2. The monoisotopic (exact) mass is 482 g/mol. The van der Waals surface area contributed by atoms with Crippen LogP contribution in [0.2, 0.25) is 0 Å². The molecular weight excluding hydrogens is 440 g/mol. The van der Waals surface area contributed by atoms with Crippen molar-refractivity contribution in [3.63, 3.8) is 0 Å². The van der Waals surface area contributed by atoms with E-state index in [1.54, 1.807) is 7.05 Å². The van der Waals surface area contributed by atoms with Gasteiger partial charge in [0.05, 0.1) is 22.8 Å². The van der Waals surface area contributed by atoms with Crippen molar-refractivity contribution in [3.8, 4) is 5.75 Å². The molecule has 0 spiro atoms. The van der Waals surface area contributed by atoms with Crippen LogP contribution in [0, 0.1) is 5.92 Å². The fraction of sp³-hybridized carbons (Fsp3) is 0.607. The van der Waals surface area contributed by atoms with E-state index in [4.69, 9.17) is 14.5 Å². The van der Waals surface area contributed by atoms with Crippen molar-refractivity contribution >= 4 is 22.6 Å². The molecule has 1 saturated heterocycles. The highest BCUT2D eigenvalue weighted by Crippen LogP contribution is 2.22. The molecule has 192 valence electrons. The molecule has 7 nitrogen and oxygen atoms in total. The second kappa shape index (κ2) is 13.4. The van der Waals surface area contributed by atoms with Gasteiger partial charge < -0.3 is 14.8 Å². The molecule has 1 aromatic heterocycles. The zero-order valence-electron chi connectivity index (χ0n) is 21.9. The van der Waals surface area contributed by atoms with Gasteiger partial charge in [0.25, 0.3) is 0 Å². The maximum atomic E-state index is 11.8. The van der Waals surface area contributed by atoms with Gasteiger partial charge in [0, 0.05) is 38.4 Å². The van der Waals surface area contributed by atoms with Gasteiger partial charge in [0.2, 0.25) is 5.91 Å². The van der Waals surface area contributed by atoms with Gasteiger partial charge in [-0.3, -0.25) is 14.4 Å². The molecule has 3 rings (SSSR count). The Morgan fingerprint density at radius 2 is 2.14 bits per heavy atom. The minimum Gasteiger partial charge on any atom is -0.491 e. The van der Waals surface area contributed by atoms with E-state index < -0.39 is 0 Å². The minimum atomic E-state index is 0.138. The number of allylic oxidation sites excluding steroid dienone is 1. The number of benzene rings is 1. The van der Waals surface area contributed by atoms with Crippen LogP contribution in [0.5, 0.6) is 5.75 Å². The molecule has 0 aliphatic carbocycles. The number of amides is 1. The molecule has 0 saturated carbocycles. The number of rotatable bonds is 12. The zero-order chi connectivity index (χ0) is 25.2. The van der Waals surface area contributed by atoms with Gasteiger partial charge >= 0.3 is 0 Å². The molecule has 1 N–H and O–H groups in total. The van der Waals surface area contributed by atoms with Crippen LogP contribution in [-0.2, 0) is 16.0 Å². The molecular formula is C28H42N4O3. The van der Waals surface area contributed by atoms with Gasteiger partial charge in [0.15, 0.2) is 5.49 Å². The van der Waals surface area contributed by atoms with E-state index in [-0.39, 0.29) is 12.0 Å². The van der Waals surface area contributed by atoms with Crippen molar-refractivity contribution in [3.05, 3.63) is 36.0 Å². The van der Waals surface area contributed by atoms with Gasteiger partial charge in [-0.1, -0.05) is 26.8 Å². The van der Waals surface area contributed by atoms with Gasteiger partial charge in [-0.15, -0.1) is 0 Å². The Bertz CT molecular complexity index is 1070. The second-order valence-corrected chi connectivity index (χ2v) is 9.89. The number of nitrogens with one attached hydrogen (secondary N) is 1. The van der Waals surface area contributed by atoms with Crippen LogP contribution < -0.4 is 15.5 Å². The SMILES string of the molecule is C=C(C)n1c(=NC)c(CCCCCNC(=O)CC(C)C)nc2cc(OCC3CCCCO3)ccc21. The first-order valence-corrected chi connectivity index (χ1v) is 13.0. The van der Waals surface area contributed by atoms with Crippen molar-refractivity contribution in [2.45, 2.75) is 78.2 Å². The summed E-state index contributed by atoms with van der Waals surface area (Å²) in [5, 5.41) is 3.01. The number of carbonyl (C=O) groups excluding carboxylic acids is 1. The minimum absolute atomic E-state index is 0.138. The van der Waals surface area contributed by atoms with E-state index in [1.165, 1.54) is 6.42 Å². The average molecular weight is 483 g/mol. The molecule has 1 fully saturated rings. The lowest BCUT2D eigenvalue weighted by Crippen LogP contribution is -2.27. The van der Waals surface area contributed by atoms with Gasteiger partial charge in [-0.25, -0.2) is 4.98 Å². The van der Waals surface area contributed by atoms with E-state index in [1.807, 2.05) is 25.1 Å². The first-order valence-electron chi connectivity index (χ1n) is 13.0. The van der Waals surface area contributed by atoms with Crippen LogP contribution in [0.3, 0.4) is 0 Å². The summed E-state index contributed by atoms with van der Waals surface area (Å²) < 4.78 is 13.9. The summed E-state index contributed by atoms with van der Waals surface area (Å²) >= 11 is 0. The van der Waals surface area contributed by atoms with Gasteiger partial charge in [-0.05, 0) is 63.5 Å². The van der Waals surface area contributed by atoms with Crippen molar-refractivity contribution < 1.29 is 14.3 Å². The van der Waals surface area contributed by atoms with E-state index >= 15 is 0 Å². The summed E-state index contributed by atoms with van der Waals surface area (Å²) in [4.78, 5) is 21.4. The Morgan fingerprint density at radius 1 is 1.31 bits per heavy atom. The number of ether oxygens (including phenoxy) is 2. The number of hydrogen-bond acceptors (Lipinski definition) is 5. The molecule has 1 aliphatic heterocycles. The zero-order valence-corrected chi connectivity index (χ0v) is 21.9. The quantitative estimate of drug-likeness (QED) is 0.437. The predicted molar refractivity (Wildman–Crippen MR) is 141 cm³/mol. The average Bonchev–Trinajstić information content (AvgIpc) is 2.83. The van der Waals surface area contributed by atoms with Crippen LogP contribution in [0.25, 0.3) is 16.7 Å². The molecule has 35 heavy (non-hydrogen) atoms. The van der Waals surface area contributed by atoms with Crippen LogP contribution >= 0.6 is 0 Å². The Hall–Kier alpha value is -2.67. The van der Waals surface area contributed by atoms with Crippen LogP contribution in [-0.4, -0.2) is 48.4 Å². The fourth-order valence-corrected chi connectivity index (χ4v) is 4.49. The third kappa shape index (κ3) is 7.92. The molecule has 1 aromatic carbocycles. The summed E-state index contributed by atoms with van der Waals surface area (Å²) in [6.45, 7) is 12.4. The molecule has 0 bridgehead atoms. The molecule has 7 heteroatoms. The Labute approximate surface area is 209 Å². The molecule has 1 atom stereocenters. The maximum absolute atomic E-state index is 11.8. The molecule has 2 aromatic rings. The van der Waals surface area contributed by atoms with Gasteiger partial charge in [0.1, 0.15) is 12.4 Å². The summed E-state index contributed by atoms with van der Waals surface area (Å²) in [6.07, 6.45) is 7.90. The second-order valence-electron chi connectivity index (χ2n) is 9.89. The van der Waals surface area contributed by atoms with Crippen molar-refractivity contribution in [1.29, 1.82) is 0 Å². The molecule has 1 aliphatic rings. The highest BCUT2D eigenvalue weighted by molar-refractivity contribution is 5.79. The number of carbonyl (C=O) groups is 1. The van der Waals surface area contributed by atoms with Crippen LogP contribution in [0.4, 0.5) is 0 Å². The maximum Gasteiger partial charge on any atom is 0.220 e. The largest absolute Gasteiger partial charge is 0.491 e. The molecule has 2 heterocycles. The summed E-state index contributed by atoms with van der Waals surface area (Å²) in [5.74, 6) is 1.33. The number of aryl methyl sites for hydroxylation is 1. The van der Waals surface area contributed by atoms with E-state index in [9.17, 15) is 4.79 Å². The smallest absolute Gasteiger partial charge is 0.220 e. The normalized spacial score (nSPS) is 16.6. The molecule has 1 amide bonds. The number of hydrogen-bond donors (Lipinski definition) is 1. The summed E-state index contributed by atoms with van der Waals surface area (Å²) in [7, 11) is 1.80. The van der Waals surface area contributed by atoms with Crippen molar-refractivity contribution in [1.82, 2.24) is 14.9 Å². The van der Waals surface area contributed by atoms with E-state index in [2.05, 4.69) is 35.3 Å². The molecule has 0 radical (unpaired) electrons. The lowest BCUT2D eigenvalue weighted by Gasteiger charge is -2.22. The number of unbranched alkanes of at least 4 members (excludes halogenated alkanes) is 2.